The molecule has 0 rings (SSSR count). The van der Waals surface area contributed by atoms with Crippen LogP contribution in [0, 0.1) is 0 Å². The Labute approximate surface area is 79.3 Å². The molecule has 0 aromatic carbocycles. The molecule has 78 valence electrons. The van der Waals surface area contributed by atoms with Gasteiger partial charge in [0.15, 0.2) is 5.60 Å². The van der Waals surface area contributed by atoms with Gasteiger partial charge in [-0.1, -0.05) is 13.3 Å². The van der Waals surface area contributed by atoms with Crippen molar-refractivity contribution < 1.29 is 14.6 Å². The standard InChI is InChI=1S/C9H19NO3/c1-4-5-6-10-7-9(2,12)8(11)13-3/h10,12H,4-7H2,1-3H3. The highest BCUT2D eigenvalue weighted by molar-refractivity contribution is 5.78. The van der Waals surface area contributed by atoms with Crippen LogP contribution in [0.25, 0.3) is 0 Å². The Kier molecular flexibility index (Phi) is 5.66. The molecule has 0 saturated heterocycles. The number of ether oxygens (including phenoxy) is 1. The lowest BCUT2D eigenvalue weighted by atomic mass is 10.1. The largest absolute Gasteiger partial charge is 0.467 e. The SMILES string of the molecule is CCCCNCC(C)(O)C(=O)OC. The van der Waals surface area contributed by atoms with Gasteiger partial charge in [0.1, 0.15) is 0 Å². The summed E-state index contributed by atoms with van der Waals surface area (Å²) in [6, 6.07) is 0. The van der Waals surface area contributed by atoms with Crippen LogP contribution in [0.3, 0.4) is 0 Å². The molecular formula is C9H19NO3. The summed E-state index contributed by atoms with van der Waals surface area (Å²) in [5, 5.41) is 12.5. The molecule has 0 aliphatic carbocycles. The lowest BCUT2D eigenvalue weighted by Crippen LogP contribution is -2.45. The zero-order valence-electron chi connectivity index (χ0n) is 8.59. The van der Waals surface area contributed by atoms with Gasteiger partial charge in [-0.3, -0.25) is 0 Å². The van der Waals surface area contributed by atoms with E-state index in [0.717, 1.165) is 19.4 Å². The topological polar surface area (TPSA) is 58.6 Å². The van der Waals surface area contributed by atoms with Gasteiger partial charge < -0.3 is 15.2 Å². The fraction of sp³-hybridized carbons (Fsp3) is 0.889. The summed E-state index contributed by atoms with van der Waals surface area (Å²) < 4.78 is 4.44. The van der Waals surface area contributed by atoms with Crippen molar-refractivity contribution in [3.63, 3.8) is 0 Å². The summed E-state index contributed by atoms with van der Waals surface area (Å²) in [5.41, 5.74) is -1.41. The molecule has 0 aliphatic heterocycles. The second-order valence-corrected chi connectivity index (χ2v) is 3.30. The van der Waals surface area contributed by atoms with Crippen LogP contribution in [0.2, 0.25) is 0 Å². The molecule has 0 radical (unpaired) electrons. The van der Waals surface area contributed by atoms with Crippen molar-refractivity contribution in [2.45, 2.75) is 32.3 Å². The maximum absolute atomic E-state index is 11.0. The molecule has 0 heterocycles. The molecule has 1 unspecified atom stereocenters. The Balaban J connectivity index is 3.69. The first-order valence-corrected chi connectivity index (χ1v) is 4.56. The molecule has 4 heteroatoms. The molecule has 0 aromatic rings. The van der Waals surface area contributed by atoms with E-state index in [1.54, 1.807) is 0 Å². The second-order valence-electron chi connectivity index (χ2n) is 3.30. The maximum atomic E-state index is 11.0. The first kappa shape index (κ1) is 12.4. The van der Waals surface area contributed by atoms with Gasteiger partial charge in [0.2, 0.25) is 0 Å². The fourth-order valence-corrected chi connectivity index (χ4v) is 0.926. The number of carbonyl (C=O) groups excluding carboxylic acids is 1. The predicted molar refractivity (Wildman–Crippen MR) is 50.4 cm³/mol. The molecule has 1 atom stereocenters. The molecule has 0 fully saturated rings. The third-order valence-corrected chi connectivity index (χ3v) is 1.80. The zero-order chi connectivity index (χ0) is 10.3. The van der Waals surface area contributed by atoms with E-state index >= 15 is 0 Å². The highest BCUT2D eigenvalue weighted by atomic mass is 16.5. The number of hydrogen-bond donors (Lipinski definition) is 2. The smallest absolute Gasteiger partial charge is 0.338 e. The number of hydrogen-bond acceptors (Lipinski definition) is 4. The van der Waals surface area contributed by atoms with Crippen molar-refractivity contribution in [3.05, 3.63) is 0 Å². The molecule has 0 saturated carbocycles. The van der Waals surface area contributed by atoms with Gasteiger partial charge in [0.05, 0.1) is 7.11 Å². The summed E-state index contributed by atoms with van der Waals surface area (Å²) >= 11 is 0. The van der Waals surface area contributed by atoms with Crippen LogP contribution in [0.15, 0.2) is 0 Å². The molecule has 4 nitrogen and oxygen atoms in total. The van der Waals surface area contributed by atoms with Gasteiger partial charge in [-0.2, -0.15) is 0 Å². The number of esters is 1. The van der Waals surface area contributed by atoms with Crippen LogP contribution in [0.4, 0.5) is 0 Å². The molecular weight excluding hydrogens is 170 g/mol. The summed E-state index contributed by atoms with van der Waals surface area (Å²) in [5.74, 6) is -0.600. The average molecular weight is 189 g/mol. The van der Waals surface area contributed by atoms with E-state index < -0.39 is 11.6 Å². The van der Waals surface area contributed by atoms with E-state index in [9.17, 15) is 9.90 Å². The summed E-state index contributed by atoms with van der Waals surface area (Å²) in [6.07, 6.45) is 2.13. The third-order valence-electron chi connectivity index (χ3n) is 1.80. The highest BCUT2D eigenvalue weighted by Gasteiger charge is 2.30. The van der Waals surface area contributed by atoms with Gasteiger partial charge in [-0.15, -0.1) is 0 Å². The lowest BCUT2D eigenvalue weighted by Gasteiger charge is -2.20. The lowest BCUT2D eigenvalue weighted by molar-refractivity contribution is -0.159. The number of rotatable bonds is 6. The minimum absolute atomic E-state index is 0.236. The number of methoxy groups -OCH3 is 1. The van der Waals surface area contributed by atoms with Crippen LogP contribution in [-0.2, 0) is 9.53 Å². The number of aliphatic hydroxyl groups is 1. The Bertz CT molecular complexity index is 157. The molecule has 0 spiro atoms. The van der Waals surface area contributed by atoms with Crippen molar-refractivity contribution in [1.82, 2.24) is 5.32 Å². The van der Waals surface area contributed by atoms with E-state index in [-0.39, 0.29) is 6.54 Å². The summed E-state index contributed by atoms with van der Waals surface area (Å²) in [4.78, 5) is 11.0. The van der Waals surface area contributed by atoms with Crippen LogP contribution in [0.5, 0.6) is 0 Å². The van der Waals surface area contributed by atoms with Crippen molar-refractivity contribution in [2.24, 2.45) is 0 Å². The molecule has 0 amide bonds. The normalized spacial score (nSPS) is 15.1. The predicted octanol–water partition coefficient (Wildman–Crippen LogP) is 0.300. The zero-order valence-corrected chi connectivity index (χ0v) is 8.59. The number of nitrogens with one attached hydrogen (secondary N) is 1. The van der Waals surface area contributed by atoms with Crippen molar-refractivity contribution in [1.29, 1.82) is 0 Å². The summed E-state index contributed by atoms with van der Waals surface area (Å²) in [6.45, 7) is 4.57. The van der Waals surface area contributed by atoms with Crippen molar-refractivity contribution >= 4 is 5.97 Å². The van der Waals surface area contributed by atoms with Crippen LogP contribution < -0.4 is 5.32 Å². The summed E-state index contributed by atoms with van der Waals surface area (Å²) in [7, 11) is 1.27. The van der Waals surface area contributed by atoms with E-state index in [1.807, 2.05) is 0 Å². The van der Waals surface area contributed by atoms with E-state index in [2.05, 4.69) is 17.0 Å². The fourth-order valence-electron chi connectivity index (χ4n) is 0.926. The van der Waals surface area contributed by atoms with E-state index in [1.165, 1.54) is 14.0 Å². The Morgan fingerprint density at radius 3 is 2.69 bits per heavy atom. The average Bonchev–Trinajstić information content (AvgIpc) is 2.11. The van der Waals surface area contributed by atoms with Crippen molar-refractivity contribution in [3.8, 4) is 0 Å². The second kappa shape index (κ2) is 5.94. The molecule has 0 aliphatic rings. The Morgan fingerprint density at radius 1 is 1.62 bits per heavy atom. The first-order chi connectivity index (χ1) is 6.04. The monoisotopic (exact) mass is 189 g/mol. The number of carbonyl (C=O) groups is 1. The molecule has 0 aromatic heterocycles. The van der Waals surface area contributed by atoms with E-state index in [0.29, 0.717) is 0 Å². The van der Waals surface area contributed by atoms with Gasteiger partial charge in [-0.25, -0.2) is 4.79 Å². The van der Waals surface area contributed by atoms with Gasteiger partial charge >= 0.3 is 5.97 Å². The first-order valence-electron chi connectivity index (χ1n) is 4.56. The third kappa shape index (κ3) is 4.85. The Hall–Kier alpha value is -0.610. The minimum Gasteiger partial charge on any atom is -0.467 e. The molecule has 2 N–H and O–H groups in total. The van der Waals surface area contributed by atoms with Crippen molar-refractivity contribution in [2.75, 3.05) is 20.2 Å². The van der Waals surface area contributed by atoms with Gasteiger partial charge in [-0.05, 0) is 19.9 Å². The molecule has 0 bridgehead atoms. The van der Waals surface area contributed by atoms with E-state index in [4.69, 9.17) is 0 Å². The highest BCUT2D eigenvalue weighted by Crippen LogP contribution is 2.03. The number of unbranched alkanes of at least 4 members (excludes halogenated alkanes) is 1. The van der Waals surface area contributed by atoms with Crippen LogP contribution in [0.1, 0.15) is 26.7 Å². The van der Waals surface area contributed by atoms with Crippen LogP contribution >= 0.6 is 0 Å². The molecule has 13 heavy (non-hydrogen) atoms. The minimum atomic E-state index is -1.41. The van der Waals surface area contributed by atoms with Gasteiger partial charge in [0, 0.05) is 6.54 Å². The van der Waals surface area contributed by atoms with Crippen LogP contribution in [-0.4, -0.2) is 36.9 Å². The van der Waals surface area contributed by atoms with Gasteiger partial charge in [0.25, 0.3) is 0 Å². The Morgan fingerprint density at radius 2 is 2.23 bits per heavy atom. The quantitative estimate of drug-likeness (QED) is 0.466. The maximum Gasteiger partial charge on any atom is 0.338 e.